The molecule has 0 saturated carbocycles. The summed E-state index contributed by atoms with van der Waals surface area (Å²) in [6, 6.07) is 0. The molecular weight excluding hydrogens is 232 g/mol. The topological polar surface area (TPSA) is 17.1 Å². The quantitative estimate of drug-likeness (QED) is 0.636. The summed E-state index contributed by atoms with van der Waals surface area (Å²) < 4.78 is 0. The summed E-state index contributed by atoms with van der Waals surface area (Å²) in [6.07, 6.45) is 13.2. The van der Waals surface area contributed by atoms with Crippen LogP contribution in [0.5, 0.6) is 0 Å². The fraction of sp³-hybridized carbons (Fsp3) is 0.500. The van der Waals surface area contributed by atoms with Crippen LogP contribution in [0.2, 0.25) is 0 Å². The van der Waals surface area contributed by atoms with Crippen molar-refractivity contribution in [2.45, 2.75) is 53.9 Å². The largest absolute Gasteiger partial charge is 0.295 e. The Bertz CT molecular complexity index is 456. The minimum atomic E-state index is 0.105. The summed E-state index contributed by atoms with van der Waals surface area (Å²) >= 11 is 0. The molecular formula is C18H26O. The third-order valence-corrected chi connectivity index (χ3v) is 3.77. The van der Waals surface area contributed by atoms with Gasteiger partial charge in [0.1, 0.15) is 0 Å². The summed E-state index contributed by atoms with van der Waals surface area (Å²) in [7, 11) is 0. The molecule has 0 heterocycles. The smallest absolute Gasteiger partial charge is 0.158 e. The first-order valence-electron chi connectivity index (χ1n) is 7.14. The number of Topliss-reactive ketones (excluding diaryl/α,β-unsaturated/α-hetero) is 1. The molecule has 0 aromatic carbocycles. The first kappa shape index (κ1) is 15.7. The molecule has 1 nitrogen and oxygen atoms in total. The Hall–Kier alpha value is -1.37. The van der Waals surface area contributed by atoms with E-state index in [9.17, 15) is 4.79 Å². The maximum Gasteiger partial charge on any atom is 0.158 e. The second-order valence-corrected chi connectivity index (χ2v) is 5.93. The Balaban J connectivity index is 2.95. The number of carbonyl (C=O) groups excluding carboxylic acids is 1. The molecule has 1 heteroatoms. The molecule has 0 radical (unpaired) electrons. The van der Waals surface area contributed by atoms with Crippen LogP contribution >= 0.6 is 0 Å². The summed E-state index contributed by atoms with van der Waals surface area (Å²) in [5.41, 5.74) is 3.44. The zero-order valence-corrected chi connectivity index (χ0v) is 12.9. The molecule has 1 rings (SSSR count). The normalized spacial score (nSPS) is 20.9. The molecule has 0 aliphatic heterocycles. The molecule has 0 amide bonds. The molecule has 0 fully saturated rings. The van der Waals surface area contributed by atoms with Gasteiger partial charge in [0.15, 0.2) is 5.78 Å². The van der Waals surface area contributed by atoms with Gasteiger partial charge in [-0.2, -0.15) is 0 Å². The van der Waals surface area contributed by atoms with Gasteiger partial charge in [0.2, 0.25) is 0 Å². The number of ketones is 1. The second-order valence-electron chi connectivity index (χ2n) is 5.93. The standard InChI is InChI=1S/C18H26O/c1-6-7-8-9-14(2)10-11-16-15(3)17(19)12-13-18(16,4)5/h7-11H,6,12-13H2,1-5H3/b8-7+,11-10+,14-9+. The van der Waals surface area contributed by atoms with E-state index in [2.05, 4.69) is 58.1 Å². The molecule has 0 aromatic rings. The van der Waals surface area contributed by atoms with Gasteiger partial charge in [-0.1, -0.05) is 56.7 Å². The molecule has 0 aromatic heterocycles. The maximum absolute atomic E-state index is 11.8. The minimum Gasteiger partial charge on any atom is -0.295 e. The van der Waals surface area contributed by atoms with Crippen molar-refractivity contribution in [3.8, 4) is 0 Å². The highest BCUT2D eigenvalue weighted by Gasteiger charge is 2.30. The summed E-state index contributed by atoms with van der Waals surface area (Å²) in [4.78, 5) is 11.8. The average Bonchev–Trinajstić information content (AvgIpc) is 2.34. The van der Waals surface area contributed by atoms with E-state index in [0.29, 0.717) is 12.2 Å². The van der Waals surface area contributed by atoms with Gasteiger partial charge in [-0.15, -0.1) is 0 Å². The lowest BCUT2D eigenvalue weighted by Crippen LogP contribution is -2.24. The third-order valence-electron chi connectivity index (χ3n) is 3.77. The predicted molar refractivity (Wildman–Crippen MR) is 83.1 cm³/mol. The molecule has 1 aliphatic rings. The van der Waals surface area contributed by atoms with Crippen LogP contribution in [0.1, 0.15) is 53.9 Å². The highest BCUT2D eigenvalue weighted by Crippen LogP contribution is 2.39. The summed E-state index contributed by atoms with van der Waals surface area (Å²) in [5, 5.41) is 0. The van der Waals surface area contributed by atoms with Gasteiger partial charge in [-0.3, -0.25) is 4.79 Å². The van der Waals surface area contributed by atoms with Crippen molar-refractivity contribution in [1.82, 2.24) is 0 Å². The molecule has 0 unspecified atom stereocenters. The van der Waals surface area contributed by atoms with Crippen LogP contribution in [0, 0.1) is 5.41 Å². The lowest BCUT2D eigenvalue weighted by molar-refractivity contribution is -0.116. The van der Waals surface area contributed by atoms with Gasteiger partial charge < -0.3 is 0 Å². The Morgan fingerprint density at radius 3 is 2.68 bits per heavy atom. The summed E-state index contributed by atoms with van der Waals surface area (Å²) in [6.45, 7) is 10.6. The Morgan fingerprint density at radius 2 is 2.05 bits per heavy atom. The lowest BCUT2D eigenvalue weighted by atomic mass is 9.72. The van der Waals surface area contributed by atoms with Crippen molar-refractivity contribution in [1.29, 1.82) is 0 Å². The molecule has 1 aliphatic carbocycles. The zero-order chi connectivity index (χ0) is 14.5. The van der Waals surface area contributed by atoms with Crippen LogP contribution < -0.4 is 0 Å². The highest BCUT2D eigenvalue weighted by molar-refractivity contribution is 5.97. The van der Waals surface area contributed by atoms with Crippen LogP contribution in [-0.2, 0) is 4.79 Å². The zero-order valence-electron chi connectivity index (χ0n) is 12.9. The van der Waals surface area contributed by atoms with E-state index < -0.39 is 0 Å². The van der Waals surface area contributed by atoms with Gasteiger partial charge in [0.05, 0.1) is 0 Å². The van der Waals surface area contributed by atoms with Gasteiger partial charge in [0, 0.05) is 6.42 Å². The fourth-order valence-corrected chi connectivity index (χ4v) is 2.38. The van der Waals surface area contributed by atoms with Crippen LogP contribution in [0.15, 0.2) is 47.1 Å². The first-order chi connectivity index (χ1) is 8.88. The molecule has 0 atom stereocenters. The van der Waals surface area contributed by atoms with Gasteiger partial charge in [-0.05, 0) is 43.3 Å². The lowest BCUT2D eigenvalue weighted by Gasteiger charge is -2.32. The van der Waals surface area contributed by atoms with E-state index in [0.717, 1.165) is 18.4 Å². The summed E-state index contributed by atoms with van der Waals surface area (Å²) in [5.74, 6) is 0.298. The molecule has 104 valence electrons. The third kappa shape index (κ3) is 4.34. The van der Waals surface area contributed by atoms with Crippen LogP contribution in [0.4, 0.5) is 0 Å². The van der Waals surface area contributed by atoms with Crippen molar-refractivity contribution in [3.63, 3.8) is 0 Å². The number of hydrogen-bond donors (Lipinski definition) is 0. The van der Waals surface area contributed by atoms with Crippen molar-refractivity contribution in [2.75, 3.05) is 0 Å². The van der Waals surface area contributed by atoms with Crippen molar-refractivity contribution in [3.05, 3.63) is 47.1 Å². The molecule has 0 saturated heterocycles. The van der Waals surface area contributed by atoms with E-state index in [1.54, 1.807) is 0 Å². The van der Waals surface area contributed by atoms with Crippen LogP contribution in [0.3, 0.4) is 0 Å². The average molecular weight is 258 g/mol. The number of hydrogen-bond acceptors (Lipinski definition) is 1. The van der Waals surface area contributed by atoms with Crippen molar-refractivity contribution in [2.24, 2.45) is 5.41 Å². The van der Waals surface area contributed by atoms with Crippen molar-refractivity contribution >= 4 is 5.78 Å². The maximum atomic E-state index is 11.8. The van der Waals surface area contributed by atoms with Gasteiger partial charge in [0.25, 0.3) is 0 Å². The minimum absolute atomic E-state index is 0.105. The highest BCUT2D eigenvalue weighted by atomic mass is 16.1. The van der Waals surface area contributed by atoms with Gasteiger partial charge >= 0.3 is 0 Å². The second kappa shape index (κ2) is 6.70. The monoisotopic (exact) mass is 258 g/mol. The van der Waals surface area contributed by atoms with E-state index >= 15 is 0 Å². The molecule has 19 heavy (non-hydrogen) atoms. The SMILES string of the molecule is CC/C=C/C=C(C)/C=C/C1=C(C)C(=O)CCC1(C)C. The first-order valence-corrected chi connectivity index (χ1v) is 7.14. The predicted octanol–water partition coefficient (Wildman–Crippen LogP) is 5.16. The van der Waals surface area contributed by atoms with E-state index in [1.807, 2.05) is 6.92 Å². The molecule has 0 N–H and O–H groups in total. The molecule has 0 bridgehead atoms. The Labute approximate surface area is 117 Å². The van der Waals surface area contributed by atoms with Gasteiger partial charge in [-0.25, -0.2) is 0 Å². The van der Waals surface area contributed by atoms with E-state index in [1.165, 1.54) is 11.1 Å². The number of rotatable bonds is 4. The number of allylic oxidation sites excluding steroid dienone is 8. The Morgan fingerprint density at radius 1 is 1.37 bits per heavy atom. The van der Waals surface area contributed by atoms with Crippen LogP contribution in [-0.4, -0.2) is 5.78 Å². The Kier molecular flexibility index (Phi) is 5.53. The van der Waals surface area contributed by atoms with E-state index in [4.69, 9.17) is 0 Å². The van der Waals surface area contributed by atoms with Crippen molar-refractivity contribution < 1.29 is 4.79 Å². The molecule has 0 spiro atoms. The number of carbonyl (C=O) groups is 1. The van der Waals surface area contributed by atoms with Crippen LogP contribution in [0.25, 0.3) is 0 Å². The fourth-order valence-electron chi connectivity index (χ4n) is 2.38. The van der Waals surface area contributed by atoms with E-state index in [-0.39, 0.29) is 5.41 Å².